The van der Waals surface area contributed by atoms with Gasteiger partial charge in [0.15, 0.2) is 0 Å². The van der Waals surface area contributed by atoms with E-state index in [1.54, 1.807) is 0 Å². The van der Waals surface area contributed by atoms with Crippen molar-refractivity contribution in [3.8, 4) is 0 Å². The lowest BCUT2D eigenvalue weighted by Gasteiger charge is -2.30. The predicted octanol–water partition coefficient (Wildman–Crippen LogP) is -0.532. The van der Waals surface area contributed by atoms with Crippen LogP contribution in [0.2, 0.25) is 0 Å². The number of nitrogens with one attached hydrogen (secondary N) is 2. The Hall–Kier alpha value is -1.48. The van der Waals surface area contributed by atoms with Crippen LogP contribution in [0, 0.1) is 0 Å². The van der Waals surface area contributed by atoms with Gasteiger partial charge in [-0.05, 0) is 5.56 Å². The van der Waals surface area contributed by atoms with Crippen LogP contribution >= 0.6 is 0 Å². The lowest BCUT2D eigenvalue weighted by Crippen LogP contribution is -2.58. The number of piperazine rings is 1. The molecule has 1 atom stereocenters. The fourth-order valence-electron chi connectivity index (χ4n) is 2.04. The Morgan fingerprint density at radius 2 is 2.14 bits per heavy atom. The highest BCUT2D eigenvalue weighted by Gasteiger charge is 2.29. The zero-order valence-electron chi connectivity index (χ0n) is 11.8. The van der Waals surface area contributed by atoms with Crippen LogP contribution in [0.3, 0.4) is 0 Å². The van der Waals surface area contributed by atoms with Gasteiger partial charge in [-0.15, -0.1) is 0 Å². The summed E-state index contributed by atoms with van der Waals surface area (Å²) in [5.74, 6) is -0.376. The standard InChI is InChI=1S/C13H19N3O4S/c1-21(18,19)16-8-7-14-12(9-16)13(17)15-20-10-11-5-3-2-4-6-11/h2-6,12,14H,7-10H2,1H3,(H,15,17)/t12-/m1/s1. The molecule has 1 aliphatic heterocycles. The van der Waals surface area contributed by atoms with Crippen LogP contribution in [-0.2, 0) is 26.3 Å². The van der Waals surface area contributed by atoms with E-state index in [9.17, 15) is 13.2 Å². The third-order valence-electron chi connectivity index (χ3n) is 3.18. The maximum Gasteiger partial charge on any atom is 0.262 e. The molecule has 0 radical (unpaired) electrons. The van der Waals surface area contributed by atoms with Crippen molar-refractivity contribution in [1.82, 2.24) is 15.1 Å². The van der Waals surface area contributed by atoms with E-state index in [4.69, 9.17) is 4.84 Å². The number of hydrogen-bond donors (Lipinski definition) is 2. The minimum atomic E-state index is -3.28. The normalized spacial score (nSPS) is 20.1. The van der Waals surface area contributed by atoms with Gasteiger partial charge >= 0.3 is 0 Å². The molecule has 0 aliphatic carbocycles. The molecule has 0 unspecified atom stereocenters. The highest BCUT2D eigenvalue weighted by Crippen LogP contribution is 2.05. The third kappa shape index (κ3) is 4.78. The fraction of sp³-hybridized carbons (Fsp3) is 0.462. The van der Waals surface area contributed by atoms with E-state index in [0.29, 0.717) is 13.1 Å². The smallest absolute Gasteiger partial charge is 0.262 e. The molecule has 0 aromatic heterocycles. The van der Waals surface area contributed by atoms with E-state index in [1.165, 1.54) is 4.31 Å². The molecule has 1 aliphatic rings. The van der Waals surface area contributed by atoms with Gasteiger partial charge in [0.1, 0.15) is 6.04 Å². The number of hydroxylamine groups is 1. The minimum Gasteiger partial charge on any atom is -0.303 e. The highest BCUT2D eigenvalue weighted by atomic mass is 32.2. The minimum absolute atomic E-state index is 0.110. The second-order valence-corrected chi connectivity index (χ2v) is 6.85. The molecule has 1 fully saturated rings. The number of nitrogens with zero attached hydrogens (tertiary/aromatic N) is 1. The van der Waals surface area contributed by atoms with Gasteiger partial charge in [-0.1, -0.05) is 30.3 Å². The number of carbonyl (C=O) groups is 1. The third-order valence-corrected chi connectivity index (χ3v) is 4.45. The summed E-state index contributed by atoms with van der Waals surface area (Å²) in [5.41, 5.74) is 3.29. The Bertz CT molecular complexity index is 576. The van der Waals surface area contributed by atoms with Crippen LogP contribution in [0.5, 0.6) is 0 Å². The van der Waals surface area contributed by atoms with E-state index < -0.39 is 16.1 Å². The number of amides is 1. The summed E-state index contributed by atoms with van der Waals surface area (Å²) in [6.07, 6.45) is 1.14. The first-order valence-electron chi connectivity index (χ1n) is 6.61. The van der Waals surface area contributed by atoms with Crippen molar-refractivity contribution in [2.24, 2.45) is 0 Å². The summed E-state index contributed by atoms with van der Waals surface area (Å²) >= 11 is 0. The first-order valence-corrected chi connectivity index (χ1v) is 8.46. The van der Waals surface area contributed by atoms with Crippen molar-refractivity contribution >= 4 is 15.9 Å². The SMILES string of the molecule is CS(=O)(=O)N1CCN[C@@H](C(=O)NOCc2ccccc2)C1. The van der Waals surface area contributed by atoms with E-state index >= 15 is 0 Å². The Labute approximate surface area is 124 Å². The molecule has 2 N–H and O–H groups in total. The Balaban J connectivity index is 1.80. The van der Waals surface area contributed by atoms with Gasteiger partial charge < -0.3 is 5.32 Å². The fourth-order valence-corrected chi connectivity index (χ4v) is 2.88. The van der Waals surface area contributed by atoms with E-state index in [0.717, 1.165) is 11.8 Å². The second kappa shape index (κ2) is 6.99. The molecule has 1 heterocycles. The predicted molar refractivity (Wildman–Crippen MR) is 77.6 cm³/mol. The lowest BCUT2D eigenvalue weighted by molar-refractivity contribution is -0.137. The summed E-state index contributed by atoms with van der Waals surface area (Å²) in [5, 5.41) is 2.97. The molecule has 0 bridgehead atoms. The van der Waals surface area contributed by atoms with E-state index in [-0.39, 0.29) is 19.1 Å². The summed E-state index contributed by atoms with van der Waals surface area (Å²) in [7, 11) is -3.28. The molecule has 21 heavy (non-hydrogen) atoms. The molecule has 1 aromatic rings. The molecule has 1 saturated heterocycles. The Morgan fingerprint density at radius 3 is 2.81 bits per heavy atom. The van der Waals surface area contributed by atoms with Crippen molar-refractivity contribution in [3.05, 3.63) is 35.9 Å². The molecule has 116 valence electrons. The van der Waals surface area contributed by atoms with Crippen molar-refractivity contribution < 1.29 is 18.0 Å². The molecular formula is C13H19N3O4S. The van der Waals surface area contributed by atoms with Gasteiger partial charge in [0, 0.05) is 19.6 Å². The number of carbonyl (C=O) groups excluding carboxylic acids is 1. The molecule has 0 saturated carbocycles. The molecule has 1 amide bonds. The maximum atomic E-state index is 11.9. The number of rotatable bonds is 5. The summed E-state index contributed by atoms with van der Waals surface area (Å²) in [4.78, 5) is 17.1. The zero-order valence-corrected chi connectivity index (χ0v) is 12.6. The zero-order chi connectivity index (χ0) is 15.3. The summed E-state index contributed by atoms with van der Waals surface area (Å²) in [6, 6.07) is 8.82. The van der Waals surface area contributed by atoms with Gasteiger partial charge in [-0.2, -0.15) is 4.31 Å². The van der Waals surface area contributed by atoms with Crippen molar-refractivity contribution in [1.29, 1.82) is 0 Å². The lowest BCUT2D eigenvalue weighted by atomic mass is 10.2. The van der Waals surface area contributed by atoms with E-state index in [2.05, 4.69) is 10.8 Å². The van der Waals surface area contributed by atoms with Crippen molar-refractivity contribution in [2.75, 3.05) is 25.9 Å². The van der Waals surface area contributed by atoms with E-state index in [1.807, 2.05) is 30.3 Å². The second-order valence-electron chi connectivity index (χ2n) is 4.87. The van der Waals surface area contributed by atoms with Gasteiger partial charge in [0.2, 0.25) is 10.0 Å². The van der Waals surface area contributed by atoms with Gasteiger partial charge in [0.05, 0.1) is 12.9 Å². The molecule has 2 rings (SSSR count). The number of sulfonamides is 1. The Morgan fingerprint density at radius 1 is 1.43 bits per heavy atom. The first kappa shape index (κ1) is 15.9. The monoisotopic (exact) mass is 313 g/mol. The highest BCUT2D eigenvalue weighted by molar-refractivity contribution is 7.88. The van der Waals surface area contributed by atoms with Crippen LogP contribution in [0.1, 0.15) is 5.56 Å². The van der Waals surface area contributed by atoms with Crippen molar-refractivity contribution in [3.63, 3.8) is 0 Å². The quantitative estimate of drug-likeness (QED) is 0.714. The topological polar surface area (TPSA) is 87.7 Å². The van der Waals surface area contributed by atoms with Crippen LogP contribution in [0.15, 0.2) is 30.3 Å². The van der Waals surface area contributed by atoms with Gasteiger partial charge in [0.25, 0.3) is 5.91 Å². The maximum absolute atomic E-state index is 11.9. The first-order chi connectivity index (χ1) is 9.97. The van der Waals surface area contributed by atoms with Crippen LogP contribution < -0.4 is 10.8 Å². The molecule has 0 spiro atoms. The number of hydrogen-bond acceptors (Lipinski definition) is 5. The van der Waals surface area contributed by atoms with Crippen LogP contribution in [0.25, 0.3) is 0 Å². The summed E-state index contributed by atoms with van der Waals surface area (Å²) < 4.78 is 24.3. The van der Waals surface area contributed by atoms with Gasteiger partial charge in [-0.25, -0.2) is 13.9 Å². The molecule has 7 nitrogen and oxygen atoms in total. The van der Waals surface area contributed by atoms with Crippen LogP contribution in [0.4, 0.5) is 0 Å². The summed E-state index contributed by atoms with van der Waals surface area (Å²) in [6.45, 7) is 1.17. The molecular weight excluding hydrogens is 294 g/mol. The molecule has 8 heteroatoms. The average molecular weight is 313 g/mol. The molecule has 1 aromatic carbocycles. The van der Waals surface area contributed by atoms with Crippen molar-refractivity contribution in [2.45, 2.75) is 12.6 Å². The largest absolute Gasteiger partial charge is 0.303 e. The van der Waals surface area contributed by atoms with Crippen LogP contribution in [-0.4, -0.2) is 50.6 Å². The average Bonchev–Trinajstić information content (AvgIpc) is 2.47. The Kier molecular flexibility index (Phi) is 5.29. The van der Waals surface area contributed by atoms with Gasteiger partial charge in [-0.3, -0.25) is 9.63 Å². The number of benzene rings is 1.